The van der Waals surface area contributed by atoms with E-state index >= 15 is 0 Å². The number of hydrogen-bond donors (Lipinski definition) is 0. The Morgan fingerprint density at radius 3 is 2.23 bits per heavy atom. The van der Waals surface area contributed by atoms with Crippen LogP contribution in [0.1, 0.15) is 45.7 Å². The van der Waals surface area contributed by atoms with Gasteiger partial charge in [-0.2, -0.15) is 10.5 Å². The van der Waals surface area contributed by atoms with Crippen LogP contribution in [0.5, 0.6) is 0 Å². The molecule has 0 saturated heterocycles. The van der Waals surface area contributed by atoms with Crippen LogP contribution < -0.4 is 0 Å². The third-order valence-electron chi connectivity index (χ3n) is 10.0. The molecule has 3 atom stereocenters. The van der Waals surface area contributed by atoms with Gasteiger partial charge in [0, 0.05) is 23.3 Å². The molecular weight excluding hydrogens is 532 g/mol. The van der Waals surface area contributed by atoms with E-state index < -0.39 is 0 Å². The van der Waals surface area contributed by atoms with Crippen LogP contribution in [0.15, 0.2) is 138 Å². The highest BCUT2D eigenvalue weighted by atomic mass is 14.5. The van der Waals surface area contributed by atoms with Crippen LogP contribution in [-0.2, 0) is 0 Å². The molecular formula is C42H26N2. The molecule has 204 valence electrons. The molecule has 0 aromatic heterocycles. The van der Waals surface area contributed by atoms with Gasteiger partial charge in [-0.3, -0.25) is 0 Å². The fourth-order valence-electron chi connectivity index (χ4n) is 8.24. The van der Waals surface area contributed by atoms with Crippen molar-refractivity contribution in [1.82, 2.24) is 0 Å². The Labute approximate surface area is 256 Å². The number of nitriles is 2. The van der Waals surface area contributed by atoms with Crippen LogP contribution in [0.2, 0.25) is 0 Å². The number of fused-ring (bicyclic) bond motifs is 8. The molecule has 3 unspecified atom stereocenters. The first-order valence-corrected chi connectivity index (χ1v) is 15.3. The highest BCUT2D eigenvalue weighted by Gasteiger charge is 2.42. The normalized spacial score (nSPS) is 22.2. The highest BCUT2D eigenvalue weighted by molar-refractivity contribution is 6.36. The summed E-state index contributed by atoms with van der Waals surface area (Å²) in [7, 11) is 0. The van der Waals surface area contributed by atoms with E-state index in [0.717, 1.165) is 16.7 Å². The summed E-state index contributed by atoms with van der Waals surface area (Å²) in [6, 6.07) is 35.2. The SMILES string of the molecule is N#CC1=C(C#N)CC2C(=C1)C(c1ccccc1)=C1C(=C2c2ccccc2)c2cc3c(c4cccc1c24)C1C=CC=CC1C=C3. The minimum absolute atomic E-state index is 0.0511. The van der Waals surface area contributed by atoms with Crippen LogP contribution >= 0.6 is 0 Å². The fourth-order valence-corrected chi connectivity index (χ4v) is 8.24. The average molecular weight is 559 g/mol. The molecule has 4 aromatic rings. The Bertz CT molecular complexity index is 2250. The summed E-state index contributed by atoms with van der Waals surface area (Å²) < 4.78 is 0. The van der Waals surface area contributed by atoms with Crippen LogP contribution in [0, 0.1) is 34.5 Å². The lowest BCUT2D eigenvalue weighted by molar-refractivity contribution is 0.697. The molecule has 44 heavy (non-hydrogen) atoms. The predicted molar refractivity (Wildman–Crippen MR) is 178 cm³/mol. The van der Waals surface area contributed by atoms with Crippen molar-refractivity contribution < 1.29 is 0 Å². The zero-order chi connectivity index (χ0) is 29.4. The lowest BCUT2D eigenvalue weighted by Gasteiger charge is -2.36. The van der Waals surface area contributed by atoms with E-state index in [0.29, 0.717) is 29.4 Å². The summed E-state index contributed by atoms with van der Waals surface area (Å²) in [6.45, 7) is 0. The first-order valence-electron chi connectivity index (χ1n) is 15.3. The molecule has 9 rings (SSSR count). The van der Waals surface area contributed by atoms with E-state index in [1.807, 2.05) is 6.08 Å². The second kappa shape index (κ2) is 9.40. The van der Waals surface area contributed by atoms with Gasteiger partial charge in [0.1, 0.15) is 6.07 Å². The molecule has 0 saturated carbocycles. The van der Waals surface area contributed by atoms with E-state index in [2.05, 4.69) is 134 Å². The second-order valence-electron chi connectivity index (χ2n) is 12.1. The summed E-state index contributed by atoms with van der Waals surface area (Å²) in [5.74, 6) is 0.618. The Hall–Kier alpha value is -5.70. The molecule has 2 heteroatoms. The van der Waals surface area contributed by atoms with Crippen molar-refractivity contribution in [3.8, 4) is 12.1 Å². The zero-order valence-corrected chi connectivity index (χ0v) is 24.0. The number of hydrogen-bond acceptors (Lipinski definition) is 2. The number of nitrogens with zero attached hydrogens (tertiary/aromatic N) is 2. The van der Waals surface area contributed by atoms with E-state index in [4.69, 9.17) is 0 Å². The van der Waals surface area contributed by atoms with Gasteiger partial charge in [-0.15, -0.1) is 0 Å². The largest absolute Gasteiger partial charge is 0.193 e. The third-order valence-corrected chi connectivity index (χ3v) is 10.0. The topological polar surface area (TPSA) is 47.6 Å². The average Bonchev–Trinajstić information content (AvgIpc) is 3.41. The van der Waals surface area contributed by atoms with Gasteiger partial charge in [-0.25, -0.2) is 0 Å². The maximum Gasteiger partial charge on any atom is 0.100 e. The molecule has 5 aliphatic carbocycles. The molecule has 0 aliphatic heterocycles. The molecule has 0 fully saturated rings. The van der Waals surface area contributed by atoms with E-state index in [1.54, 1.807) is 0 Å². The molecule has 0 radical (unpaired) electrons. The van der Waals surface area contributed by atoms with Crippen molar-refractivity contribution >= 4 is 39.1 Å². The molecule has 5 aliphatic rings. The van der Waals surface area contributed by atoms with Crippen LogP contribution in [0.3, 0.4) is 0 Å². The third kappa shape index (κ3) is 3.34. The minimum atomic E-state index is -0.0511. The lowest BCUT2D eigenvalue weighted by Crippen LogP contribution is -2.20. The first-order chi connectivity index (χ1) is 21.8. The van der Waals surface area contributed by atoms with Gasteiger partial charge in [0.15, 0.2) is 0 Å². The van der Waals surface area contributed by atoms with Crippen molar-refractivity contribution in [3.05, 3.63) is 171 Å². The lowest BCUT2D eigenvalue weighted by atomic mass is 9.66. The molecule has 0 amide bonds. The Morgan fingerprint density at radius 1 is 0.682 bits per heavy atom. The highest BCUT2D eigenvalue weighted by Crippen LogP contribution is 2.62. The van der Waals surface area contributed by atoms with Gasteiger partial charge < -0.3 is 0 Å². The minimum Gasteiger partial charge on any atom is -0.193 e. The molecule has 2 nitrogen and oxygen atoms in total. The molecule has 0 spiro atoms. The molecule has 0 bridgehead atoms. The van der Waals surface area contributed by atoms with Gasteiger partial charge in [0.05, 0.1) is 11.6 Å². The van der Waals surface area contributed by atoms with Crippen LogP contribution in [0.4, 0.5) is 0 Å². The summed E-state index contributed by atoms with van der Waals surface area (Å²) in [4.78, 5) is 0. The second-order valence-corrected chi connectivity index (χ2v) is 12.1. The Morgan fingerprint density at radius 2 is 1.45 bits per heavy atom. The van der Waals surface area contributed by atoms with Crippen LogP contribution in [0.25, 0.3) is 39.1 Å². The zero-order valence-electron chi connectivity index (χ0n) is 24.0. The maximum absolute atomic E-state index is 10.2. The Balaban J connectivity index is 1.46. The molecule has 0 N–H and O–H groups in total. The number of allylic oxidation sites excluding steroid dienone is 13. The van der Waals surface area contributed by atoms with Crippen molar-refractivity contribution in [2.24, 2.45) is 11.8 Å². The van der Waals surface area contributed by atoms with Gasteiger partial charge in [-0.05, 0) is 90.6 Å². The maximum atomic E-state index is 10.2. The summed E-state index contributed by atoms with van der Waals surface area (Å²) in [5, 5.41) is 22.9. The fraction of sp³-hybridized carbons (Fsp3) is 0.0952. The molecule has 0 heterocycles. The predicted octanol–water partition coefficient (Wildman–Crippen LogP) is 9.83. The van der Waals surface area contributed by atoms with Gasteiger partial charge in [0.2, 0.25) is 0 Å². The number of benzene rings is 4. The monoisotopic (exact) mass is 558 g/mol. The van der Waals surface area contributed by atoms with E-state index in [1.165, 1.54) is 55.3 Å². The van der Waals surface area contributed by atoms with Crippen molar-refractivity contribution in [3.63, 3.8) is 0 Å². The first kappa shape index (κ1) is 24.9. The van der Waals surface area contributed by atoms with Crippen molar-refractivity contribution in [1.29, 1.82) is 10.5 Å². The van der Waals surface area contributed by atoms with Crippen molar-refractivity contribution in [2.75, 3.05) is 0 Å². The van der Waals surface area contributed by atoms with Gasteiger partial charge in [0.25, 0.3) is 0 Å². The molecule has 4 aromatic carbocycles. The van der Waals surface area contributed by atoms with E-state index in [9.17, 15) is 10.5 Å². The summed E-state index contributed by atoms with van der Waals surface area (Å²) in [5.41, 5.74) is 14.6. The smallest absolute Gasteiger partial charge is 0.100 e. The van der Waals surface area contributed by atoms with Crippen molar-refractivity contribution in [2.45, 2.75) is 12.3 Å². The van der Waals surface area contributed by atoms with Gasteiger partial charge >= 0.3 is 0 Å². The standard InChI is InChI=1S/C42H26N2/c43-23-29-21-34-35(22-30(29)24-44)39(27-13-5-2-6-14-27)42-36-20-28-19-18-25-10-7-8-15-31(25)37(28)32-16-9-17-33(40(32)36)41(42)38(34)26-11-3-1-4-12-26/h1-21,25,31,35H,22H2. The Kier molecular flexibility index (Phi) is 5.31. The summed E-state index contributed by atoms with van der Waals surface area (Å²) >= 11 is 0. The van der Waals surface area contributed by atoms with Crippen LogP contribution in [-0.4, -0.2) is 0 Å². The summed E-state index contributed by atoms with van der Waals surface area (Å²) in [6.07, 6.45) is 16.2. The van der Waals surface area contributed by atoms with E-state index in [-0.39, 0.29) is 5.92 Å². The number of rotatable bonds is 2. The van der Waals surface area contributed by atoms with Gasteiger partial charge in [-0.1, -0.05) is 115 Å². The quantitative estimate of drug-likeness (QED) is 0.246.